The molecule has 2 heterocycles. The molecule has 0 amide bonds. The van der Waals surface area contributed by atoms with E-state index in [0.29, 0.717) is 45.0 Å². The Morgan fingerprint density at radius 3 is 2.65 bits per heavy atom. The average molecular weight is 462 g/mol. The van der Waals surface area contributed by atoms with Crippen LogP contribution in [0.3, 0.4) is 0 Å². The van der Waals surface area contributed by atoms with E-state index in [4.69, 9.17) is 14.7 Å². The molecule has 31 heavy (non-hydrogen) atoms. The van der Waals surface area contributed by atoms with Gasteiger partial charge in [-0.25, -0.2) is 12.7 Å². The predicted molar refractivity (Wildman–Crippen MR) is 108 cm³/mol. The van der Waals surface area contributed by atoms with Gasteiger partial charge in [0.15, 0.2) is 0 Å². The van der Waals surface area contributed by atoms with E-state index in [1.807, 2.05) is 4.90 Å². The van der Waals surface area contributed by atoms with Crippen molar-refractivity contribution in [1.82, 2.24) is 4.31 Å². The summed E-state index contributed by atoms with van der Waals surface area (Å²) in [6.45, 7) is 2.50. The van der Waals surface area contributed by atoms with Crippen LogP contribution in [-0.4, -0.2) is 72.1 Å². The lowest BCUT2D eigenvalue weighted by Gasteiger charge is -2.42. The fourth-order valence-corrected chi connectivity index (χ4v) is 5.44. The number of rotatable bonds is 7. The van der Waals surface area contributed by atoms with Crippen LogP contribution in [0.15, 0.2) is 18.2 Å². The number of hydrogen-bond acceptors (Lipinski definition) is 6. The van der Waals surface area contributed by atoms with Gasteiger partial charge in [0.05, 0.1) is 43.3 Å². The minimum Gasteiger partial charge on any atom is -0.382 e. The van der Waals surface area contributed by atoms with Crippen molar-refractivity contribution in [1.29, 1.82) is 5.26 Å². The number of alkyl halides is 3. The van der Waals surface area contributed by atoms with Crippen LogP contribution < -0.4 is 4.90 Å². The first-order valence-corrected chi connectivity index (χ1v) is 11.7. The Labute approximate surface area is 180 Å². The van der Waals surface area contributed by atoms with Gasteiger partial charge in [-0.1, -0.05) is 0 Å². The molecular weight excluding hydrogens is 435 g/mol. The topological polar surface area (TPSA) is 82.9 Å². The molecule has 0 bridgehead atoms. The lowest BCUT2D eigenvalue weighted by molar-refractivity contribution is -0.137. The standard InChI is InChI=1S/C20H26F3N3O4S/c1-29-7-8-30-14-19-12-25(11-16(19)5-6-26(13-19)31(2,27)28)17-4-3-15(10-24)18(9-17)20(21,22)23/h3-4,9,16H,5-8,11-14H2,1-2H3/t16-,19-/m1/s1. The molecular formula is C20H26F3N3O4S. The molecule has 0 aliphatic carbocycles. The molecule has 2 atom stereocenters. The fourth-order valence-electron chi connectivity index (χ4n) is 4.51. The van der Waals surface area contributed by atoms with E-state index in [1.54, 1.807) is 13.2 Å². The van der Waals surface area contributed by atoms with Crippen molar-refractivity contribution < 1.29 is 31.1 Å². The van der Waals surface area contributed by atoms with Crippen molar-refractivity contribution in [3.8, 4) is 6.07 Å². The van der Waals surface area contributed by atoms with Gasteiger partial charge < -0.3 is 14.4 Å². The van der Waals surface area contributed by atoms with E-state index in [2.05, 4.69) is 0 Å². The van der Waals surface area contributed by atoms with Crippen molar-refractivity contribution in [3.05, 3.63) is 29.3 Å². The smallest absolute Gasteiger partial charge is 0.382 e. The maximum Gasteiger partial charge on any atom is 0.417 e. The number of sulfonamides is 1. The maximum atomic E-state index is 13.4. The summed E-state index contributed by atoms with van der Waals surface area (Å²) in [6.07, 6.45) is -2.88. The van der Waals surface area contributed by atoms with E-state index in [9.17, 15) is 21.6 Å². The van der Waals surface area contributed by atoms with Gasteiger partial charge in [0, 0.05) is 44.4 Å². The molecule has 1 aromatic rings. The number of anilines is 1. The second-order valence-electron chi connectivity index (χ2n) is 8.21. The molecule has 2 aliphatic rings. The maximum absolute atomic E-state index is 13.4. The molecule has 0 saturated carbocycles. The summed E-state index contributed by atoms with van der Waals surface area (Å²) in [5.41, 5.74) is -1.57. The highest BCUT2D eigenvalue weighted by molar-refractivity contribution is 7.88. The summed E-state index contributed by atoms with van der Waals surface area (Å²) in [6, 6.07) is 5.30. The molecule has 172 valence electrons. The number of fused-ring (bicyclic) bond motifs is 1. The van der Waals surface area contributed by atoms with Crippen molar-refractivity contribution in [2.45, 2.75) is 12.6 Å². The highest BCUT2D eigenvalue weighted by atomic mass is 32.2. The summed E-state index contributed by atoms with van der Waals surface area (Å²) >= 11 is 0. The van der Waals surface area contributed by atoms with Crippen LogP contribution >= 0.6 is 0 Å². The third-order valence-electron chi connectivity index (χ3n) is 6.12. The molecule has 2 fully saturated rings. The highest BCUT2D eigenvalue weighted by Crippen LogP contribution is 2.45. The zero-order chi connectivity index (χ0) is 22.9. The summed E-state index contributed by atoms with van der Waals surface area (Å²) in [7, 11) is -1.85. The van der Waals surface area contributed by atoms with Crippen LogP contribution in [0.5, 0.6) is 0 Å². The van der Waals surface area contributed by atoms with Gasteiger partial charge in [-0.2, -0.15) is 18.4 Å². The van der Waals surface area contributed by atoms with Crippen molar-refractivity contribution in [3.63, 3.8) is 0 Å². The number of halogens is 3. The molecule has 0 aromatic heterocycles. The Bertz CT molecular complexity index is 948. The summed E-state index contributed by atoms with van der Waals surface area (Å²) < 4.78 is 76.8. The summed E-state index contributed by atoms with van der Waals surface area (Å²) in [5, 5.41) is 9.04. The highest BCUT2D eigenvalue weighted by Gasteiger charge is 2.51. The van der Waals surface area contributed by atoms with Gasteiger partial charge in [-0.05, 0) is 30.5 Å². The zero-order valence-corrected chi connectivity index (χ0v) is 18.3. The first-order valence-electron chi connectivity index (χ1n) is 9.88. The minimum absolute atomic E-state index is 0.0676. The molecule has 0 radical (unpaired) electrons. The Morgan fingerprint density at radius 2 is 2.03 bits per heavy atom. The molecule has 0 unspecified atom stereocenters. The Hall–Kier alpha value is -1.87. The molecule has 0 N–H and O–H groups in total. The van der Waals surface area contributed by atoms with Gasteiger partial charge in [0.1, 0.15) is 0 Å². The quantitative estimate of drug-likeness (QED) is 0.580. The second kappa shape index (κ2) is 8.94. The molecule has 3 rings (SSSR count). The van der Waals surface area contributed by atoms with Crippen LogP contribution in [0.1, 0.15) is 17.5 Å². The van der Waals surface area contributed by atoms with Crippen LogP contribution in [0, 0.1) is 22.7 Å². The Balaban J connectivity index is 1.90. The van der Waals surface area contributed by atoms with E-state index in [-0.39, 0.29) is 19.1 Å². The van der Waals surface area contributed by atoms with Gasteiger partial charge in [-0.15, -0.1) is 0 Å². The van der Waals surface area contributed by atoms with E-state index in [1.165, 1.54) is 16.4 Å². The normalized spacial score (nSPS) is 24.8. The Kier molecular flexibility index (Phi) is 6.86. The number of piperidine rings is 1. The predicted octanol–water partition coefficient (Wildman–Crippen LogP) is 2.33. The molecule has 7 nitrogen and oxygen atoms in total. The van der Waals surface area contributed by atoms with Gasteiger partial charge >= 0.3 is 6.18 Å². The number of benzene rings is 1. The molecule has 11 heteroatoms. The zero-order valence-electron chi connectivity index (χ0n) is 17.5. The molecule has 1 aromatic carbocycles. The third-order valence-corrected chi connectivity index (χ3v) is 7.36. The largest absolute Gasteiger partial charge is 0.417 e. The first-order chi connectivity index (χ1) is 14.5. The lowest BCUT2D eigenvalue weighted by atomic mass is 9.74. The molecule has 2 aliphatic heterocycles. The molecule has 2 saturated heterocycles. The van der Waals surface area contributed by atoms with Crippen molar-refractivity contribution in [2.75, 3.05) is 64.3 Å². The number of hydrogen-bond donors (Lipinski definition) is 0. The monoisotopic (exact) mass is 461 g/mol. The van der Waals surface area contributed by atoms with Gasteiger partial charge in [0.2, 0.25) is 10.0 Å². The molecule has 0 spiro atoms. The lowest BCUT2D eigenvalue weighted by Crippen LogP contribution is -2.52. The van der Waals surface area contributed by atoms with E-state index < -0.39 is 32.7 Å². The number of nitrogens with zero attached hydrogens (tertiary/aromatic N) is 3. The fraction of sp³-hybridized carbons (Fsp3) is 0.650. The number of methoxy groups -OCH3 is 1. The van der Waals surface area contributed by atoms with Crippen LogP contribution in [0.2, 0.25) is 0 Å². The summed E-state index contributed by atoms with van der Waals surface area (Å²) in [5.74, 6) is 0.0676. The average Bonchev–Trinajstić information content (AvgIpc) is 3.08. The van der Waals surface area contributed by atoms with Crippen molar-refractivity contribution in [2.24, 2.45) is 11.3 Å². The second-order valence-corrected chi connectivity index (χ2v) is 10.2. The number of nitriles is 1. The SMILES string of the molecule is COCCOC[C@]12CN(c3ccc(C#N)c(C(F)(F)F)c3)C[C@H]1CCN(S(C)(=O)=O)C2. The van der Waals surface area contributed by atoms with Crippen LogP contribution in [-0.2, 0) is 25.7 Å². The van der Waals surface area contributed by atoms with Gasteiger partial charge in [0.25, 0.3) is 0 Å². The number of ether oxygens (including phenoxy) is 2. The van der Waals surface area contributed by atoms with Gasteiger partial charge in [-0.3, -0.25) is 0 Å². The van der Waals surface area contributed by atoms with E-state index in [0.717, 1.165) is 12.3 Å². The van der Waals surface area contributed by atoms with E-state index >= 15 is 0 Å². The third kappa shape index (κ3) is 5.14. The van der Waals surface area contributed by atoms with Crippen molar-refractivity contribution >= 4 is 15.7 Å². The first kappa shape index (κ1) is 23.8. The summed E-state index contributed by atoms with van der Waals surface area (Å²) in [4.78, 5) is 1.84. The minimum atomic E-state index is -4.64. The van der Waals surface area contributed by atoms with Crippen LogP contribution in [0.25, 0.3) is 0 Å². The Morgan fingerprint density at radius 1 is 1.29 bits per heavy atom. The van der Waals surface area contributed by atoms with Crippen LogP contribution in [0.4, 0.5) is 18.9 Å².